The Morgan fingerprint density at radius 3 is 2.55 bits per heavy atom. The van der Waals surface area contributed by atoms with Crippen LogP contribution in [-0.4, -0.2) is 22.7 Å². The highest BCUT2D eigenvalue weighted by molar-refractivity contribution is 5.65. The van der Waals surface area contributed by atoms with Gasteiger partial charge in [-0.2, -0.15) is 0 Å². The van der Waals surface area contributed by atoms with Crippen LogP contribution in [0.2, 0.25) is 0 Å². The molecule has 0 spiro atoms. The Labute approximate surface area is 128 Å². The van der Waals surface area contributed by atoms with E-state index in [0.717, 1.165) is 0 Å². The molecule has 2 aromatic carbocycles. The largest absolute Gasteiger partial charge is 0.457 e. The van der Waals surface area contributed by atoms with Gasteiger partial charge < -0.3 is 15.2 Å². The van der Waals surface area contributed by atoms with Crippen molar-refractivity contribution in [2.75, 3.05) is 11.9 Å². The molecule has 0 aromatic heterocycles. The molecule has 22 heavy (non-hydrogen) atoms. The Morgan fingerprint density at radius 2 is 1.95 bits per heavy atom. The van der Waals surface area contributed by atoms with Crippen molar-refractivity contribution in [2.45, 2.75) is 19.4 Å². The second-order valence-corrected chi connectivity index (χ2v) is 4.78. The summed E-state index contributed by atoms with van der Waals surface area (Å²) in [7, 11) is 0. The number of benzene rings is 2. The monoisotopic (exact) mass is 302 g/mol. The second-order valence-electron chi connectivity index (χ2n) is 4.78. The second kappa shape index (κ2) is 7.42. The van der Waals surface area contributed by atoms with E-state index in [1.165, 1.54) is 6.07 Å². The van der Waals surface area contributed by atoms with Crippen molar-refractivity contribution >= 4 is 11.4 Å². The van der Waals surface area contributed by atoms with Gasteiger partial charge in [-0.15, -0.1) is 0 Å². The van der Waals surface area contributed by atoms with Gasteiger partial charge in [0, 0.05) is 18.2 Å². The SMILES string of the molecule is CCC(CO)Nc1cc(Oc2ccccc2)ccc1[N+](=O)[O-]. The summed E-state index contributed by atoms with van der Waals surface area (Å²) in [5.74, 6) is 1.14. The van der Waals surface area contributed by atoms with Crippen LogP contribution in [0.15, 0.2) is 48.5 Å². The smallest absolute Gasteiger partial charge is 0.292 e. The normalized spacial score (nSPS) is 11.7. The summed E-state index contributed by atoms with van der Waals surface area (Å²) in [4.78, 5) is 10.7. The Balaban J connectivity index is 2.28. The average Bonchev–Trinajstić information content (AvgIpc) is 2.53. The van der Waals surface area contributed by atoms with E-state index in [9.17, 15) is 15.2 Å². The summed E-state index contributed by atoms with van der Waals surface area (Å²) in [5.41, 5.74) is 0.284. The van der Waals surface area contributed by atoms with Crippen molar-refractivity contribution in [3.05, 3.63) is 58.6 Å². The lowest BCUT2D eigenvalue weighted by atomic mass is 10.2. The van der Waals surface area contributed by atoms with Crippen LogP contribution >= 0.6 is 0 Å². The molecule has 0 radical (unpaired) electrons. The van der Waals surface area contributed by atoms with Gasteiger partial charge in [0.1, 0.15) is 17.2 Å². The van der Waals surface area contributed by atoms with Gasteiger partial charge in [0.15, 0.2) is 0 Å². The zero-order valence-electron chi connectivity index (χ0n) is 12.2. The van der Waals surface area contributed by atoms with Crippen molar-refractivity contribution in [2.24, 2.45) is 0 Å². The quantitative estimate of drug-likeness (QED) is 0.603. The Morgan fingerprint density at radius 1 is 1.23 bits per heavy atom. The van der Waals surface area contributed by atoms with Crippen molar-refractivity contribution in [3.63, 3.8) is 0 Å². The fourth-order valence-electron chi connectivity index (χ4n) is 1.97. The molecule has 1 atom stereocenters. The summed E-state index contributed by atoms with van der Waals surface area (Å²) in [6, 6.07) is 13.4. The Bertz CT molecular complexity index is 627. The molecule has 0 saturated heterocycles. The van der Waals surface area contributed by atoms with Crippen molar-refractivity contribution in [1.82, 2.24) is 0 Å². The predicted molar refractivity (Wildman–Crippen MR) is 84.4 cm³/mol. The third-order valence-corrected chi connectivity index (χ3v) is 3.22. The predicted octanol–water partition coefficient (Wildman–Crippen LogP) is 3.57. The summed E-state index contributed by atoms with van der Waals surface area (Å²) in [5, 5.41) is 23.4. The van der Waals surface area contributed by atoms with Crippen LogP contribution in [0.1, 0.15) is 13.3 Å². The highest BCUT2D eigenvalue weighted by Crippen LogP contribution is 2.32. The number of nitrogens with zero attached hydrogens (tertiary/aromatic N) is 1. The zero-order valence-corrected chi connectivity index (χ0v) is 12.2. The molecule has 0 heterocycles. The first-order valence-corrected chi connectivity index (χ1v) is 7.02. The van der Waals surface area contributed by atoms with Crippen molar-refractivity contribution in [1.29, 1.82) is 0 Å². The van der Waals surface area contributed by atoms with E-state index in [1.807, 2.05) is 25.1 Å². The minimum atomic E-state index is -0.460. The maximum atomic E-state index is 11.1. The number of nitro benzene ring substituents is 1. The van der Waals surface area contributed by atoms with Crippen LogP contribution < -0.4 is 10.1 Å². The van der Waals surface area contributed by atoms with Crippen LogP contribution in [-0.2, 0) is 0 Å². The molecule has 0 amide bonds. The van der Waals surface area contributed by atoms with E-state index in [2.05, 4.69) is 5.32 Å². The Hall–Kier alpha value is -2.60. The van der Waals surface area contributed by atoms with Gasteiger partial charge in [0.05, 0.1) is 11.5 Å². The fraction of sp³-hybridized carbons (Fsp3) is 0.250. The number of nitrogens with one attached hydrogen (secondary N) is 1. The molecule has 0 bridgehead atoms. The van der Waals surface area contributed by atoms with E-state index >= 15 is 0 Å². The van der Waals surface area contributed by atoms with Crippen LogP contribution in [0.4, 0.5) is 11.4 Å². The van der Waals surface area contributed by atoms with Crippen LogP contribution in [0.25, 0.3) is 0 Å². The minimum Gasteiger partial charge on any atom is -0.457 e. The number of para-hydroxylation sites is 1. The lowest BCUT2D eigenvalue weighted by Crippen LogP contribution is -2.23. The number of nitro groups is 1. The van der Waals surface area contributed by atoms with Gasteiger partial charge in [0.2, 0.25) is 0 Å². The first-order chi connectivity index (χ1) is 10.6. The number of ether oxygens (including phenoxy) is 1. The molecule has 2 N–H and O–H groups in total. The van der Waals surface area contributed by atoms with Crippen molar-refractivity contribution < 1.29 is 14.8 Å². The van der Waals surface area contributed by atoms with E-state index in [0.29, 0.717) is 23.6 Å². The third-order valence-electron chi connectivity index (χ3n) is 3.22. The molecule has 2 rings (SSSR count). The van der Waals surface area contributed by atoms with E-state index in [1.54, 1.807) is 24.3 Å². The van der Waals surface area contributed by atoms with Gasteiger partial charge in [0.25, 0.3) is 5.69 Å². The number of hydrogen-bond acceptors (Lipinski definition) is 5. The van der Waals surface area contributed by atoms with E-state index < -0.39 is 4.92 Å². The molecular formula is C16H18N2O4. The molecule has 0 aliphatic heterocycles. The minimum absolute atomic E-state index is 0.0488. The first-order valence-electron chi connectivity index (χ1n) is 7.02. The third kappa shape index (κ3) is 3.95. The first kappa shape index (κ1) is 15.8. The lowest BCUT2D eigenvalue weighted by Gasteiger charge is -2.16. The number of hydrogen-bond donors (Lipinski definition) is 2. The Kier molecular flexibility index (Phi) is 5.32. The lowest BCUT2D eigenvalue weighted by molar-refractivity contribution is -0.384. The van der Waals surface area contributed by atoms with E-state index in [4.69, 9.17) is 4.74 Å². The van der Waals surface area contributed by atoms with Crippen LogP contribution in [0.5, 0.6) is 11.5 Å². The van der Waals surface area contributed by atoms with Gasteiger partial charge in [-0.3, -0.25) is 10.1 Å². The highest BCUT2D eigenvalue weighted by Gasteiger charge is 2.17. The van der Waals surface area contributed by atoms with Gasteiger partial charge in [-0.05, 0) is 24.6 Å². The summed E-state index contributed by atoms with van der Waals surface area (Å²) >= 11 is 0. The molecule has 0 fully saturated rings. The molecular weight excluding hydrogens is 284 g/mol. The number of anilines is 1. The highest BCUT2D eigenvalue weighted by atomic mass is 16.6. The van der Waals surface area contributed by atoms with Gasteiger partial charge >= 0.3 is 0 Å². The van der Waals surface area contributed by atoms with Gasteiger partial charge in [-0.25, -0.2) is 0 Å². The molecule has 0 aliphatic carbocycles. The maximum absolute atomic E-state index is 11.1. The standard InChI is InChI=1S/C16H18N2O4/c1-2-12(11-19)17-15-10-14(8-9-16(15)18(20)21)22-13-6-4-3-5-7-13/h3-10,12,17,19H,2,11H2,1H3. The van der Waals surface area contributed by atoms with Gasteiger partial charge in [-0.1, -0.05) is 25.1 Å². The number of rotatable bonds is 7. The number of aliphatic hydroxyl groups is 1. The van der Waals surface area contributed by atoms with Crippen LogP contribution in [0, 0.1) is 10.1 Å². The summed E-state index contributed by atoms with van der Waals surface area (Å²) < 4.78 is 5.68. The fourth-order valence-corrected chi connectivity index (χ4v) is 1.97. The number of aliphatic hydroxyl groups excluding tert-OH is 1. The summed E-state index contributed by atoms with van der Waals surface area (Å²) in [6.07, 6.45) is 0.650. The average molecular weight is 302 g/mol. The molecule has 0 saturated carbocycles. The summed E-state index contributed by atoms with van der Waals surface area (Å²) in [6.45, 7) is 1.79. The van der Waals surface area contributed by atoms with Crippen molar-refractivity contribution in [3.8, 4) is 11.5 Å². The zero-order chi connectivity index (χ0) is 15.9. The van der Waals surface area contributed by atoms with E-state index in [-0.39, 0.29) is 18.3 Å². The molecule has 6 heteroatoms. The molecule has 116 valence electrons. The molecule has 1 unspecified atom stereocenters. The molecule has 0 aliphatic rings. The topological polar surface area (TPSA) is 84.6 Å². The maximum Gasteiger partial charge on any atom is 0.292 e. The molecule has 6 nitrogen and oxygen atoms in total. The van der Waals surface area contributed by atoms with Crippen LogP contribution in [0.3, 0.4) is 0 Å². The molecule has 2 aromatic rings.